The molecule has 5 nitrogen and oxygen atoms in total. The van der Waals surface area contributed by atoms with Crippen LogP contribution in [0.5, 0.6) is 0 Å². The Balaban J connectivity index is 1.38. The molecule has 0 spiro atoms. The molecule has 0 amide bonds. The smallest absolute Gasteiger partial charge is 0.322 e. The first-order valence-electron chi connectivity index (χ1n) is 10.9. The first-order valence-corrected chi connectivity index (χ1v) is 10.9. The Morgan fingerprint density at radius 2 is 1.39 bits per heavy atom. The molecule has 0 saturated heterocycles. The SMILES string of the molecule is NC(c1ccc2ccccc2c1)C(C(=O)O)C(=O)OCC1c2ccccc2-c2ccccc21. The molecule has 0 radical (unpaired) electrons. The van der Waals surface area contributed by atoms with Crippen molar-refractivity contribution in [2.45, 2.75) is 12.0 Å². The number of hydrogen-bond donors (Lipinski definition) is 2. The van der Waals surface area contributed by atoms with Crippen LogP contribution in [0, 0.1) is 5.92 Å². The molecule has 0 saturated carbocycles. The molecular weight excluding hydrogens is 414 g/mol. The van der Waals surface area contributed by atoms with Gasteiger partial charge in [-0.1, -0.05) is 84.9 Å². The van der Waals surface area contributed by atoms with Crippen molar-refractivity contribution in [3.8, 4) is 11.1 Å². The van der Waals surface area contributed by atoms with Gasteiger partial charge in [0.25, 0.3) is 0 Å². The Morgan fingerprint density at radius 1 is 0.818 bits per heavy atom. The molecule has 0 heterocycles. The molecule has 5 rings (SSSR count). The third-order valence-electron chi connectivity index (χ3n) is 6.39. The highest BCUT2D eigenvalue weighted by atomic mass is 16.5. The highest BCUT2D eigenvalue weighted by molar-refractivity contribution is 5.95. The Kier molecular flexibility index (Phi) is 5.40. The van der Waals surface area contributed by atoms with Gasteiger partial charge in [-0.15, -0.1) is 0 Å². The van der Waals surface area contributed by atoms with E-state index in [0.717, 1.165) is 33.0 Å². The van der Waals surface area contributed by atoms with Crippen LogP contribution < -0.4 is 5.73 Å². The third kappa shape index (κ3) is 3.77. The van der Waals surface area contributed by atoms with Gasteiger partial charge in [-0.3, -0.25) is 9.59 Å². The van der Waals surface area contributed by atoms with E-state index in [4.69, 9.17) is 10.5 Å². The molecule has 5 heteroatoms. The molecule has 33 heavy (non-hydrogen) atoms. The molecular formula is C28H23NO4. The van der Waals surface area contributed by atoms with Gasteiger partial charge in [0.2, 0.25) is 0 Å². The zero-order chi connectivity index (χ0) is 22.9. The molecule has 2 unspecified atom stereocenters. The highest BCUT2D eigenvalue weighted by Crippen LogP contribution is 2.44. The molecule has 0 aliphatic heterocycles. The zero-order valence-corrected chi connectivity index (χ0v) is 17.8. The quantitative estimate of drug-likeness (QED) is 0.331. The highest BCUT2D eigenvalue weighted by Gasteiger charge is 2.37. The molecule has 164 valence electrons. The molecule has 1 aliphatic rings. The summed E-state index contributed by atoms with van der Waals surface area (Å²) in [5, 5.41) is 11.8. The van der Waals surface area contributed by atoms with Crippen LogP contribution in [0.25, 0.3) is 21.9 Å². The summed E-state index contributed by atoms with van der Waals surface area (Å²) >= 11 is 0. The van der Waals surface area contributed by atoms with Crippen LogP contribution in [0.1, 0.15) is 28.7 Å². The fraction of sp³-hybridized carbons (Fsp3) is 0.143. The number of aliphatic carboxylic acids is 1. The first kappa shape index (κ1) is 20.9. The van der Waals surface area contributed by atoms with Gasteiger partial charge >= 0.3 is 11.9 Å². The van der Waals surface area contributed by atoms with Crippen LogP contribution in [-0.2, 0) is 14.3 Å². The summed E-state index contributed by atoms with van der Waals surface area (Å²) in [4.78, 5) is 25.0. The van der Waals surface area contributed by atoms with Crippen molar-refractivity contribution < 1.29 is 19.4 Å². The number of esters is 1. The van der Waals surface area contributed by atoms with Crippen molar-refractivity contribution in [2.75, 3.05) is 6.61 Å². The van der Waals surface area contributed by atoms with Crippen molar-refractivity contribution in [3.63, 3.8) is 0 Å². The Morgan fingerprint density at radius 3 is 2.03 bits per heavy atom. The lowest BCUT2D eigenvalue weighted by molar-refractivity contribution is -0.160. The average Bonchev–Trinajstić information content (AvgIpc) is 3.16. The summed E-state index contributed by atoms with van der Waals surface area (Å²) in [6.07, 6.45) is 0. The largest absolute Gasteiger partial charge is 0.481 e. The number of fused-ring (bicyclic) bond motifs is 4. The lowest BCUT2D eigenvalue weighted by Gasteiger charge is -2.21. The third-order valence-corrected chi connectivity index (χ3v) is 6.39. The minimum atomic E-state index is -1.50. The van der Waals surface area contributed by atoms with E-state index in [1.165, 1.54) is 0 Å². The molecule has 0 bridgehead atoms. The van der Waals surface area contributed by atoms with E-state index in [2.05, 4.69) is 0 Å². The summed E-state index contributed by atoms with van der Waals surface area (Å²) in [5.41, 5.74) is 11.2. The lowest BCUT2D eigenvalue weighted by Crippen LogP contribution is -2.36. The maximum atomic E-state index is 13.0. The van der Waals surface area contributed by atoms with Crippen LogP contribution in [0.3, 0.4) is 0 Å². The van der Waals surface area contributed by atoms with Gasteiger partial charge in [-0.05, 0) is 44.7 Å². The van der Waals surface area contributed by atoms with E-state index >= 15 is 0 Å². The minimum Gasteiger partial charge on any atom is -0.481 e. The predicted molar refractivity (Wildman–Crippen MR) is 127 cm³/mol. The van der Waals surface area contributed by atoms with Crippen LogP contribution in [0.15, 0.2) is 91.0 Å². The van der Waals surface area contributed by atoms with Crippen LogP contribution in [-0.4, -0.2) is 23.7 Å². The Labute approximate surface area is 191 Å². The van der Waals surface area contributed by atoms with Crippen molar-refractivity contribution in [1.29, 1.82) is 0 Å². The summed E-state index contributed by atoms with van der Waals surface area (Å²) in [6, 6.07) is 28.2. The van der Waals surface area contributed by atoms with Crippen molar-refractivity contribution in [3.05, 3.63) is 108 Å². The summed E-state index contributed by atoms with van der Waals surface area (Å²) in [7, 11) is 0. The number of carbonyl (C=O) groups excluding carboxylic acids is 1. The minimum absolute atomic E-state index is 0.0566. The number of rotatable bonds is 6. The standard InChI is InChI=1S/C28H23NO4/c29-26(19-14-13-17-7-1-2-8-18(17)15-19)25(27(30)31)28(32)33-16-24-22-11-5-3-9-20(22)21-10-4-6-12-23(21)24/h1-15,24-26H,16,29H2,(H,30,31). The number of hydrogen-bond acceptors (Lipinski definition) is 4. The molecule has 3 N–H and O–H groups in total. The van der Waals surface area contributed by atoms with Gasteiger partial charge in [0.05, 0.1) is 6.04 Å². The fourth-order valence-electron chi connectivity index (χ4n) is 4.70. The number of carbonyl (C=O) groups is 2. The van der Waals surface area contributed by atoms with E-state index in [-0.39, 0.29) is 12.5 Å². The van der Waals surface area contributed by atoms with Gasteiger partial charge in [0.15, 0.2) is 5.92 Å². The number of nitrogens with two attached hydrogens (primary N) is 1. The maximum Gasteiger partial charge on any atom is 0.322 e. The monoisotopic (exact) mass is 437 g/mol. The topological polar surface area (TPSA) is 89.6 Å². The molecule has 2 atom stereocenters. The van der Waals surface area contributed by atoms with E-state index < -0.39 is 23.9 Å². The maximum absolute atomic E-state index is 13.0. The van der Waals surface area contributed by atoms with Crippen molar-refractivity contribution in [1.82, 2.24) is 0 Å². The molecule has 0 fully saturated rings. The number of benzene rings is 4. The number of ether oxygens (including phenoxy) is 1. The Hall–Kier alpha value is -3.96. The molecule has 0 aromatic heterocycles. The van der Waals surface area contributed by atoms with Crippen LogP contribution in [0.4, 0.5) is 0 Å². The molecule has 4 aromatic rings. The normalized spacial score (nSPS) is 14.3. The number of carboxylic acids is 1. The van der Waals surface area contributed by atoms with Gasteiger partial charge in [0.1, 0.15) is 6.61 Å². The summed E-state index contributed by atoms with van der Waals surface area (Å²) in [6.45, 7) is 0.0566. The van der Waals surface area contributed by atoms with Gasteiger partial charge in [-0.2, -0.15) is 0 Å². The van der Waals surface area contributed by atoms with Gasteiger partial charge in [-0.25, -0.2) is 0 Å². The second kappa shape index (κ2) is 8.52. The zero-order valence-electron chi connectivity index (χ0n) is 17.8. The fourth-order valence-corrected chi connectivity index (χ4v) is 4.70. The van der Waals surface area contributed by atoms with E-state index in [9.17, 15) is 14.7 Å². The average molecular weight is 437 g/mol. The second-order valence-electron chi connectivity index (χ2n) is 8.31. The summed E-state index contributed by atoms with van der Waals surface area (Å²) < 4.78 is 5.59. The number of carboxylic acid groups (broad SMARTS) is 1. The van der Waals surface area contributed by atoms with E-state index in [1.807, 2.05) is 84.9 Å². The van der Waals surface area contributed by atoms with E-state index in [1.54, 1.807) is 6.07 Å². The first-order chi connectivity index (χ1) is 16.0. The molecule has 4 aromatic carbocycles. The second-order valence-corrected chi connectivity index (χ2v) is 8.31. The summed E-state index contributed by atoms with van der Waals surface area (Å²) in [5.74, 6) is -3.77. The predicted octanol–water partition coefficient (Wildman–Crippen LogP) is 4.90. The van der Waals surface area contributed by atoms with Crippen molar-refractivity contribution in [2.24, 2.45) is 11.7 Å². The Bertz CT molecular complexity index is 1320. The molecule has 1 aliphatic carbocycles. The van der Waals surface area contributed by atoms with Crippen molar-refractivity contribution >= 4 is 22.7 Å². The van der Waals surface area contributed by atoms with E-state index in [0.29, 0.717) is 5.56 Å². The lowest BCUT2D eigenvalue weighted by atomic mass is 9.92. The van der Waals surface area contributed by atoms with Gasteiger partial charge < -0.3 is 15.6 Å². The van der Waals surface area contributed by atoms with Crippen LogP contribution in [0.2, 0.25) is 0 Å². The van der Waals surface area contributed by atoms with Crippen LogP contribution >= 0.6 is 0 Å². The van der Waals surface area contributed by atoms with Gasteiger partial charge in [0, 0.05) is 5.92 Å².